The summed E-state index contributed by atoms with van der Waals surface area (Å²) in [6.07, 6.45) is 0. The molecule has 0 aliphatic rings. The van der Waals surface area contributed by atoms with E-state index in [2.05, 4.69) is 20.6 Å². The summed E-state index contributed by atoms with van der Waals surface area (Å²) in [6.45, 7) is 5.93. The molecule has 6 heteroatoms. The van der Waals surface area contributed by atoms with Gasteiger partial charge in [0.1, 0.15) is 29.0 Å². The summed E-state index contributed by atoms with van der Waals surface area (Å²) >= 11 is 0. The summed E-state index contributed by atoms with van der Waals surface area (Å²) in [5.74, 6) is 0.188. The maximum atomic E-state index is 13.9. The van der Waals surface area contributed by atoms with E-state index in [4.69, 9.17) is 0 Å². The van der Waals surface area contributed by atoms with Crippen molar-refractivity contribution in [3.63, 3.8) is 0 Å². The predicted molar refractivity (Wildman–Crippen MR) is 75.3 cm³/mol. The SMILES string of the molecule is CCNc1cc(Nc2c(F)ccc(C)c2F)nc(C)n1. The Morgan fingerprint density at radius 1 is 1.10 bits per heavy atom. The zero-order chi connectivity index (χ0) is 14.7. The van der Waals surface area contributed by atoms with Crippen LogP contribution in [-0.2, 0) is 0 Å². The minimum atomic E-state index is -0.658. The molecule has 0 aliphatic heterocycles. The van der Waals surface area contributed by atoms with Gasteiger partial charge in [0.2, 0.25) is 0 Å². The Morgan fingerprint density at radius 3 is 2.50 bits per heavy atom. The van der Waals surface area contributed by atoms with E-state index in [-0.39, 0.29) is 5.69 Å². The number of rotatable bonds is 4. The zero-order valence-electron chi connectivity index (χ0n) is 11.6. The van der Waals surface area contributed by atoms with Crippen molar-refractivity contribution in [2.24, 2.45) is 0 Å². The van der Waals surface area contributed by atoms with Crippen molar-refractivity contribution >= 4 is 17.3 Å². The Bertz CT molecular complexity index is 629. The van der Waals surface area contributed by atoms with Gasteiger partial charge in [0.05, 0.1) is 0 Å². The zero-order valence-corrected chi connectivity index (χ0v) is 11.6. The predicted octanol–water partition coefficient (Wildman–Crippen LogP) is 3.55. The molecule has 1 aromatic carbocycles. The molecule has 2 aromatic rings. The van der Waals surface area contributed by atoms with Gasteiger partial charge in [-0.2, -0.15) is 0 Å². The Labute approximate surface area is 116 Å². The standard InChI is InChI=1S/C14H16F2N4/c1-4-17-11-7-12(19-9(3)18-11)20-14-10(15)6-5-8(2)13(14)16/h5-7H,4H2,1-3H3,(H2,17,18,19,20). The average molecular weight is 278 g/mol. The van der Waals surface area contributed by atoms with Crippen LogP contribution in [-0.4, -0.2) is 16.5 Å². The van der Waals surface area contributed by atoms with Crippen LogP contribution in [0.25, 0.3) is 0 Å². The van der Waals surface area contributed by atoms with Crippen molar-refractivity contribution in [3.05, 3.63) is 41.2 Å². The van der Waals surface area contributed by atoms with Gasteiger partial charge in [-0.15, -0.1) is 0 Å². The monoisotopic (exact) mass is 278 g/mol. The van der Waals surface area contributed by atoms with Crippen LogP contribution in [0.3, 0.4) is 0 Å². The molecule has 20 heavy (non-hydrogen) atoms. The van der Waals surface area contributed by atoms with E-state index < -0.39 is 11.6 Å². The van der Waals surface area contributed by atoms with Gasteiger partial charge in [-0.1, -0.05) is 6.07 Å². The van der Waals surface area contributed by atoms with Gasteiger partial charge in [0, 0.05) is 12.6 Å². The first-order valence-corrected chi connectivity index (χ1v) is 6.32. The highest BCUT2D eigenvalue weighted by Gasteiger charge is 2.12. The Balaban J connectivity index is 2.37. The lowest BCUT2D eigenvalue weighted by molar-refractivity contribution is 0.584. The van der Waals surface area contributed by atoms with Gasteiger partial charge >= 0.3 is 0 Å². The average Bonchev–Trinajstić information content (AvgIpc) is 2.39. The van der Waals surface area contributed by atoms with E-state index in [1.54, 1.807) is 19.9 Å². The highest BCUT2D eigenvalue weighted by molar-refractivity contribution is 5.61. The summed E-state index contributed by atoms with van der Waals surface area (Å²) in [5, 5.41) is 5.72. The maximum Gasteiger partial charge on any atom is 0.152 e. The maximum absolute atomic E-state index is 13.9. The van der Waals surface area contributed by atoms with Crippen LogP contribution in [0, 0.1) is 25.5 Å². The Kier molecular flexibility index (Phi) is 4.12. The summed E-state index contributed by atoms with van der Waals surface area (Å²) in [5.41, 5.74) is 0.164. The molecule has 0 saturated heterocycles. The number of aromatic nitrogens is 2. The van der Waals surface area contributed by atoms with Crippen LogP contribution in [0.15, 0.2) is 18.2 Å². The third kappa shape index (κ3) is 3.01. The Morgan fingerprint density at radius 2 is 1.80 bits per heavy atom. The van der Waals surface area contributed by atoms with E-state index >= 15 is 0 Å². The normalized spacial score (nSPS) is 10.4. The second kappa shape index (κ2) is 5.81. The van der Waals surface area contributed by atoms with E-state index in [1.807, 2.05) is 6.92 Å². The van der Waals surface area contributed by atoms with Crippen LogP contribution >= 0.6 is 0 Å². The number of nitrogens with one attached hydrogen (secondary N) is 2. The van der Waals surface area contributed by atoms with Gasteiger partial charge in [-0.25, -0.2) is 18.7 Å². The first-order chi connectivity index (χ1) is 9.51. The van der Waals surface area contributed by atoms with Gasteiger partial charge in [0.15, 0.2) is 5.82 Å². The summed E-state index contributed by atoms with van der Waals surface area (Å²) < 4.78 is 27.6. The van der Waals surface area contributed by atoms with Gasteiger partial charge < -0.3 is 10.6 Å². The molecule has 106 valence electrons. The Hall–Kier alpha value is -2.24. The molecule has 0 bridgehead atoms. The third-order valence-electron chi connectivity index (χ3n) is 2.73. The summed E-state index contributed by atoms with van der Waals surface area (Å²) in [4.78, 5) is 8.31. The van der Waals surface area contributed by atoms with Crippen LogP contribution < -0.4 is 10.6 Å². The molecule has 0 atom stereocenters. The van der Waals surface area contributed by atoms with Crippen molar-refractivity contribution < 1.29 is 8.78 Å². The number of nitrogens with zero attached hydrogens (tertiary/aromatic N) is 2. The fraction of sp³-hybridized carbons (Fsp3) is 0.286. The highest BCUT2D eigenvalue weighted by Crippen LogP contribution is 2.25. The molecule has 0 saturated carbocycles. The van der Waals surface area contributed by atoms with E-state index in [1.165, 1.54) is 12.1 Å². The smallest absolute Gasteiger partial charge is 0.152 e. The molecule has 2 rings (SSSR count). The molecule has 0 unspecified atom stereocenters. The quantitative estimate of drug-likeness (QED) is 0.898. The molecule has 0 amide bonds. The number of anilines is 3. The van der Waals surface area contributed by atoms with E-state index in [9.17, 15) is 8.78 Å². The molecule has 0 radical (unpaired) electrons. The van der Waals surface area contributed by atoms with Crippen molar-refractivity contribution in [2.45, 2.75) is 20.8 Å². The van der Waals surface area contributed by atoms with Crippen LogP contribution in [0.2, 0.25) is 0 Å². The molecule has 2 N–H and O–H groups in total. The molecular weight excluding hydrogens is 262 g/mol. The van der Waals surface area contributed by atoms with Gasteiger partial charge in [-0.3, -0.25) is 0 Å². The van der Waals surface area contributed by atoms with Crippen molar-refractivity contribution in [1.82, 2.24) is 9.97 Å². The molecule has 1 heterocycles. The van der Waals surface area contributed by atoms with Crippen molar-refractivity contribution in [2.75, 3.05) is 17.2 Å². The fourth-order valence-electron chi connectivity index (χ4n) is 1.80. The van der Waals surface area contributed by atoms with Gasteiger partial charge in [0.25, 0.3) is 0 Å². The largest absolute Gasteiger partial charge is 0.370 e. The molecular formula is C14H16F2N4. The number of benzene rings is 1. The molecule has 1 aromatic heterocycles. The molecule has 0 fully saturated rings. The molecule has 0 aliphatic carbocycles. The third-order valence-corrected chi connectivity index (χ3v) is 2.73. The van der Waals surface area contributed by atoms with Crippen LogP contribution in [0.1, 0.15) is 18.3 Å². The number of hydrogen-bond acceptors (Lipinski definition) is 4. The molecule has 0 spiro atoms. The molecule has 4 nitrogen and oxygen atoms in total. The van der Waals surface area contributed by atoms with E-state index in [0.29, 0.717) is 29.6 Å². The lowest BCUT2D eigenvalue weighted by Crippen LogP contribution is -2.06. The second-order valence-corrected chi connectivity index (χ2v) is 4.39. The lowest BCUT2D eigenvalue weighted by Gasteiger charge is -2.11. The minimum absolute atomic E-state index is 0.203. The number of halogens is 2. The van der Waals surface area contributed by atoms with Crippen LogP contribution in [0.5, 0.6) is 0 Å². The van der Waals surface area contributed by atoms with E-state index in [0.717, 1.165) is 0 Å². The first kappa shape index (κ1) is 14.2. The fourth-order valence-corrected chi connectivity index (χ4v) is 1.80. The van der Waals surface area contributed by atoms with Crippen LogP contribution in [0.4, 0.5) is 26.1 Å². The summed E-state index contributed by atoms with van der Waals surface area (Å²) in [7, 11) is 0. The lowest BCUT2D eigenvalue weighted by atomic mass is 10.2. The topological polar surface area (TPSA) is 49.8 Å². The highest BCUT2D eigenvalue weighted by atomic mass is 19.1. The second-order valence-electron chi connectivity index (χ2n) is 4.39. The number of hydrogen-bond donors (Lipinski definition) is 2. The van der Waals surface area contributed by atoms with Crippen molar-refractivity contribution in [1.29, 1.82) is 0 Å². The summed E-state index contributed by atoms with van der Waals surface area (Å²) in [6, 6.07) is 4.23. The minimum Gasteiger partial charge on any atom is -0.370 e. The van der Waals surface area contributed by atoms with Gasteiger partial charge in [-0.05, 0) is 32.4 Å². The van der Waals surface area contributed by atoms with Crippen molar-refractivity contribution in [3.8, 4) is 0 Å². The first-order valence-electron chi connectivity index (χ1n) is 6.32. The number of aryl methyl sites for hydroxylation is 2.